The second-order valence-corrected chi connectivity index (χ2v) is 5.79. The van der Waals surface area contributed by atoms with Crippen LogP contribution >= 0.6 is 11.6 Å². The van der Waals surface area contributed by atoms with E-state index in [1.807, 2.05) is 36.4 Å². The van der Waals surface area contributed by atoms with Crippen molar-refractivity contribution >= 4 is 17.6 Å². The minimum absolute atomic E-state index is 0.301. The third kappa shape index (κ3) is 4.11. The monoisotopic (exact) mass is 345 g/mol. The number of aliphatic imine (C=N–C) groups is 1. The Morgan fingerprint density at radius 1 is 1.12 bits per heavy atom. The molecule has 0 saturated heterocycles. The van der Waals surface area contributed by atoms with Crippen molar-refractivity contribution in [3.63, 3.8) is 0 Å². The Kier molecular flexibility index (Phi) is 5.43. The van der Waals surface area contributed by atoms with Crippen molar-refractivity contribution in [2.45, 2.75) is 13.0 Å². The van der Waals surface area contributed by atoms with E-state index in [2.05, 4.69) is 21.7 Å². The molecule has 3 rings (SSSR count). The van der Waals surface area contributed by atoms with Crippen molar-refractivity contribution in [2.75, 3.05) is 20.4 Å². The summed E-state index contributed by atoms with van der Waals surface area (Å²) in [4.78, 5) is 4.23. The van der Waals surface area contributed by atoms with Gasteiger partial charge in [0.15, 0.2) is 17.5 Å². The van der Waals surface area contributed by atoms with Crippen LogP contribution in [0.2, 0.25) is 5.02 Å². The van der Waals surface area contributed by atoms with Crippen molar-refractivity contribution in [3.05, 3.63) is 58.6 Å². The first-order valence-electron chi connectivity index (χ1n) is 7.82. The maximum absolute atomic E-state index is 6.16. The molecule has 0 unspecified atom stereocenters. The molecule has 0 aliphatic carbocycles. The van der Waals surface area contributed by atoms with E-state index in [0.717, 1.165) is 41.0 Å². The summed E-state index contributed by atoms with van der Waals surface area (Å²) >= 11 is 6.16. The molecule has 1 aliphatic heterocycles. The van der Waals surface area contributed by atoms with Gasteiger partial charge in [0.05, 0.1) is 0 Å². The van der Waals surface area contributed by atoms with Gasteiger partial charge in [0.25, 0.3) is 0 Å². The Morgan fingerprint density at radius 3 is 2.79 bits per heavy atom. The summed E-state index contributed by atoms with van der Waals surface area (Å²) in [5.74, 6) is 2.37. The summed E-state index contributed by atoms with van der Waals surface area (Å²) in [6, 6.07) is 13.8. The molecule has 5 nitrogen and oxygen atoms in total. The van der Waals surface area contributed by atoms with Crippen LogP contribution in [-0.2, 0) is 13.0 Å². The number of benzene rings is 2. The first-order valence-corrected chi connectivity index (χ1v) is 8.20. The fourth-order valence-corrected chi connectivity index (χ4v) is 2.67. The predicted molar refractivity (Wildman–Crippen MR) is 95.9 cm³/mol. The van der Waals surface area contributed by atoms with Gasteiger partial charge >= 0.3 is 0 Å². The molecule has 0 amide bonds. The van der Waals surface area contributed by atoms with Gasteiger partial charge in [-0.05, 0) is 35.7 Å². The van der Waals surface area contributed by atoms with Gasteiger partial charge in [0.1, 0.15) is 0 Å². The Hall–Kier alpha value is -2.40. The maximum Gasteiger partial charge on any atom is 0.231 e. The smallest absolute Gasteiger partial charge is 0.231 e. The fourth-order valence-electron chi connectivity index (χ4n) is 2.46. The molecule has 0 fully saturated rings. The molecular weight excluding hydrogens is 326 g/mol. The van der Waals surface area contributed by atoms with E-state index in [1.165, 1.54) is 5.56 Å². The van der Waals surface area contributed by atoms with Crippen LogP contribution in [0, 0.1) is 0 Å². The molecule has 0 spiro atoms. The fraction of sp³-hybridized carbons (Fsp3) is 0.278. The van der Waals surface area contributed by atoms with Gasteiger partial charge in [-0.2, -0.15) is 0 Å². The molecule has 1 heterocycles. The number of hydrogen-bond acceptors (Lipinski definition) is 3. The molecule has 0 saturated carbocycles. The lowest BCUT2D eigenvalue weighted by Gasteiger charge is -2.12. The van der Waals surface area contributed by atoms with Gasteiger partial charge in [0, 0.05) is 25.2 Å². The molecule has 0 aromatic heterocycles. The van der Waals surface area contributed by atoms with Crippen LogP contribution in [0.25, 0.3) is 0 Å². The van der Waals surface area contributed by atoms with Crippen LogP contribution < -0.4 is 20.1 Å². The number of ether oxygens (including phenoxy) is 2. The zero-order valence-electron chi connectivity index (χ0n) is 13.5. The standard InChI is InChI=1S/C18H20ClN3O2/c1-20-18(22-11-14-4-2-3-5-15(14)19)21-9-8-13-6-7-16-17(10-13)24-12-23-16/h2-7,10H,8-9,11-12H2,1H3,(H2,20,21,22). The second-order valence-electron chi connectivity index (χ2n) is 5.38. The van der Waals surface area contributed by atoms with Crippen LogP contribution in [0.5, 0.6) is 11.5 Å². The van der Waals surface area contributed by atoms with Crippen LogP contribution in [0.1, 0.15) is 11.1 Å². The lowest BCUT2D eigenvalue weighted by Crippen LogP contribution is -2.37. The van der Waals surface area contributed by atoms with Crippen molar-refractivity contribution < 1.29 is 9.47 Å². The van der Waals surface area contributed by atoms with E-state index in [9.17, 15) is 0 Å². The maximum atomic E-state index is 6.16. The number of hydrogen-bond donors (Lipinski definition) is 2. The molecule has 0 bridgehead atoms. The quantitative estimate of drug-likeness (QED) is 0.646. The second kappa shape index (κ2) is 7.93. The van der Waals surface area contributed by atoms with Gasteiger partial charge < -0.3 is 20.1 Å². The molecule has 2 aromatic rings. The number of halogens is 1. The van der Waals surface area contributed by atoms with Crippen LogP contribution in [0.4, 0.5) is 0 Å². The SMILES string of the molecule is CN=C(NCCc1ccc2c(c1)OCO2)NCc1ccccc1Cl. The first-order chi connectivity index (χ1) is 11.8. The Labute approximate surface area is 146 Å². The highest BCUT2D eigenvalue weighted by molar-refractivity contribution is 6.31. The van der Waals surface area contributed by atoms with E-state index in [0.29, 0.717) is 13.3 Å². The van der Waals surface area contributed by atoms with E-state index < -0.39 is 0 Å². The Balaban J connectivity index is 1.47. The molecule has 1 aliphatic rings. The summed E-state index contributed by atoms with van der Waals surface area (Å²) in [5, 5.41) is 7.31. The number of guanidine groups is 1. The molecule has 24 heavy (non-hydrogen) atoms. The molecule has 0 radical (unpaired) electrons. The van der Waals surface area contributed by atoms with Crippen molar-refractivity contribution in [1.29, 1.82) is 0 Å². The minimum Gasteiger partial charge on any atom is -0.454 e. The molecule has 0 atom stereocenters. The Morgan fingerprint density at radius 2 is 1.96 bits per heavy atom. The number of rotatable bonds is 5. The summed E-state index contributed by atoms with van der Waals surface area (Å²) in [6.45, 7) is 1.70. The third-order valence-corrected chi connectivity index (χ3v) is 4.14. The van der Waals surface area contributed by atoms with Crippen molar-refractivity contribution in [1.82, 2.24) is 10.6 Å². The average molecular weight is 346 g/mol. The summed E-state index contributed by atoms with van der Waals surface area (Å²) in [5.41, 5.74) is 2.23. The lowest BCUT2D eigenvalue weighted by atomic mass is 10.1. The molecule has 2 N–H and O–H groups in total. The molecule has 6 heteroatoms. The number of fused-ring (bicyclic) bond motifs is 1. The molecular formula is C18H20ClN3O2. The molecule has 126 valence electrons. The van der Waals surface area contributed by atoms with Gasteiger partial charge in [-0.3, -0.25) is 4.99 Å². The third-order valence-electron chi connectivity index (χ3n) is 3.77. The highest BCUT2D eigenvalue weighted by Crippen LogP contribution is 2.32. The number of nitrogens with zero attached hydrogens (tertiary/aromatic N) is 1. The zero-order valence-corrected chi connectivity index (χ0v) is 14.3. The van der Waals surface area contributed by atoms with E-state index in [4.69, 9.17) is 21.1 Å². The summed E-state index contributed by atoms with van der Waals surface area (Å²) in [6.07, 6.45) is 0.865. The van der Waals surface area contributed by atoms with E-state index in [1.54, 1.807) is 7.05 Å². The number of nitrogens with one attached hydrogen (secondary N) is 2. The zero-order chi connectivity index (χ0) is 16.8. The van der Waals surface area contributed by atoms with Gasteiger partial charge in [0.2, 0.25) is 6.79 Å². The lowest BCUT2D eigenvalue weighted by molar-refractivity contribution is 0.174. The van der Waals surface area contributed by atoms with Gasteiger partial charge in [-0.1, -0.05) is 35.9 Å². The van der Waals surface area contributed by atoms with Crippen LogP contribution in [-0.4, -0.2) is 26.3 Å². The predicted octanol–water partition coefficient (Wildman–Crippen LogP) is 2.98. The highest BCUT2D eigenvalue weighted by Gasteiger charge is 2.12. The van der Waals surface area contributed by atoms with E-state index in [-0.39, 0.29) is 0 Å². The van der Waals surface area contributed by atoms with Gasteiger partial charge in [-0.25, -0.2) is 0 Å². The largest absolute Gasteiger partial charge is 0.454 e. The normalized spacial score (nSPS) is 13.0. The van der Waals surface area contributed by atoms with Gasteiger partial charge in [-0.15, -0.1) is 0 Å². The van der Waals surface area contributed by atoms with Crippen LogP contribution in [0.3, 0.4) is 0 Å². The minimum atomic E-state index is 0.301. The van der Waals surface area contributed by atoms with Crippen LogP contribution in [0.15, 0.2) is 47.5 Å². The first kappa shape index (κ1) is 16.5. The van der Waals surface area contributed by atoms with Crippen molar-refractivity contribution in [2.24, 2.45) is 4.99 Å². The topological polar surface area (TPSA) is 54.9 Å². The summed E-state index contributed by atoms with van der Waals surface area (Å²) in [7, 11) is 1.75. The molecule has 2 aromatic carbocycles. The van der Waals surface area contributed by atoms with E-state index >= 15 is 0 Å². The van der Waals surface area contributed by atoms with Crippen molar-refractivity contribution in [3.8, 4) is 11.5 Å². The average Bonchev–Trinajstić information content (AvgIpc) is 3.07. The Bertz CT molecular complexity index is 734. The summed E-state index contributed by atoms with van der Waals surface area (Å²) < 4.78 is 10.7. The highest BCUT2D eigenvalue weighted by atomic mass is 35.5.